The number of nitro groups is 1. The van der Waals surface area contributed by atoms with Gasteiger partial charge < -0.3 is 5.32 Å². The summed E-state index contributed by atoms with van der Waals surface area (Å²) in [6.45, 7) is 6.00. The van der Waals surface area contributed by atoms with Crippen LogP contribution in [0, 0.1) is 10.1 Å². The number of halogens is 1. The summed E-state index contributed by atoms with van der Waals surface area (Å²) in [6.07, 6.45) is 0. The van der Waals surface area contributed by atoms with E-state index >= 15 is 0 Å². The molecule has 1 aromatic rings. The monoisotopic (exact) mass is 313 g/mol. The molecule has 0 spiro atoms. The smallest absolute Gasteiger partial charge is 0.270 e. The van der Waals surface area contributed by atoms with E-state index in [0.717, 1.165) is 36.2 Å². The summed E-state index contributed by atoms with van der Waals surface area (Å²) >= 11 is 3.42. The minimum Gasteiger partial charge on any atom is -0.314 e. The summed E-state index contributed by atoms with van der Waals surface area (Å²) in [6, 6.07) is 5.45. The Labute approximate surface area is 114 Å². The molecule has 1 aliphatic rings. The van der Waals surface area contributed by atoms with Gasteiger partial charge in [-0.3, -0.25) is 15.0 Å². The lowest BCUT2D eigenvalue weighted by molar-refractivity contribution is -0.384. The highest BCUT2D eigenvalue weighted by Crippen LogP contribution is 2.24. The van der Waals surface area contributed by atoms with E-state index in [1.807, 2.05) is 6.07 Å². The second-order valence-electron chi connectivity index (χ2n) is 4.56. The number of piperazine rings is 1. The van der Waals surface area contributed by atoms with Crippen LogP contribution in [0.5, 0.6) is 0 Å². The molecule has 0 radical (unpaired) electrons. The third kappa shape index (κ3) is 3.07. The Hall–Kier alpha value is -0.980. The highest BCUT2D eigenvalue weighted by atomic mass is 79.9. The molecule has 1 aromatic carbocycles. The second kappa shape index (κ2) is 5.77. The van der Waals surface area contributed by atoms with Crippen LogP contribution in [0.4, 0.5) is 5.69 Å². The predicted molar refractivity (Wildman–Crippen MR) is 73.5 cm³/mol. The van der Waals surface area contributed by atoms with E-state index in [-0.39, 0.29) is 10.6 Å². The van der Waals surface area contributed by atoms with Crippen LogP contribution in [0.25, 0.3) is 0 Å². The van der Waals surface area contributed by atoms with Gasteiger partial charge in [0.1, 0.15) is 0 Å². The molecular formula is C12H16BrN3O2. The number of hydrogen-bond acceptors (Lipinski definition) is 4. The normalized spacial score (nSPS) is 20.9. The lowest BCUT2D eigenvalue weighted by Crippen LogP contribution is -2.49. The number of nitro benzene ring substituents is 1. The fourth-order valence-electron chi connectivity index (χ4n) is 2.11. The Kier molecular flexibility index (Phi) is 4.31. The summed E-state index contributed by atoms with van der Waals surface area (Å²) in [5.41, 5.74) is 1.22. The van der Waals surface area contributed by atoms with Gasteiger partial charge in [-0.05, 0) is 18.6 Å². The lowest BCUT2D eigenvalue weighted by atomic mass is 10.1. The van der Waals surface area contributed by atoms with Crippen molar-refractivity contribution in [2.45, 2.75) is 19.5 Å². The molecule has 2 rings (SSSR count). The van der Waals surface area contributed by atoms with Crippen molar-refractivity contribution in [2.24, 2.45) is 0 Å². The molecule has 0 bridgehead atoms. The van der Waals surface area contributed by atoms with Crippen molar-refractivity contribution in [1.82, 2.24) is 10.2 Å². The molecule has 98 valence electrons. The molecule has 6 heteroatoms. The van der Waals surface area contributed by atoms with E-state index < -0.39 is 0 Å². The van der Waals surface area contributed by atoms with Gasteiger partial charge in [-0.15, -0.1) is 0 Å². The molecule has 18 heavy (non-hydrogen) atoms. The van der Waals surface area contributed by atoms with Gasteiger partial charge in [0, 0.05) is 48.8 Å². The molecule has 0 unspecified atom stereocenters. The molecule has 1 saturated heterocycles. The van der Waals surface area contributed by atoms with E-state index in [0.29, 0.717) is 6.04 Å². The van der Waals surface area contributed by atoms with Crippen molar-refractivity contribution in [1.29, 1.82) is 0 Å². The zero-order valence-corrected chi connectivity index (χ0v) is 11.8. The summed E-state index contributed by atoms with van der Waals surface area (Å²) in [5.74, 6) is 0. The molecule has 0 saturated carbocycles. The maximum atomic E-state index is 10.7. The van der Waals surface area contributed by atoms with Crippen molar-refractivity contribution in [3.8, 4) is 0 Å². The Bertz CT molecular complexity index is 453. The largest absolute Gasteiger partial charge is 0.314 e. The van der Waals surface area contributed by atoms with Gasteiger partial charge in [0.05, 0.1) is 4.92 Å². The molecule has 5 nitrogen and oxygen atoms in total. The number of non-ortho nitro benzene ring substituents is 1. The SMILES string of the molecule is C[C@H]1CNCCN1Cc1ccc([N+](=O)[O-])cc1Br. The van der Waals surface area contributed by atoms with Gasteiger partial charge in [-0.25, -0.2) is 0 Å². The molecule has 0 aliphatic carbocycles. The van der Waals surface area contributed by atoms with Crippen molar-refractivity contribution in [3.05, 3.63) is 38.3 Å². The van der Waals surface area contributed by atoms with Gasteiger partial charge in [0.2, 0.25) is 0 Å². The fourth-order valence-corrected chi connectivity index (χ4v) is 2.61. The molecule has 1 fully saturated rings. The van der Waals surface area contributed by atoms with Crippen LogP contribution in [0.15, 0.2) is 22.7 Å². The second-order valence-corrected chi connectivity index (χ2v) is 5.41. The summed E-state index contributed by atoms with van der Waals surface area (Å²) < 4.78 is 0.808. The number of rotatable bonds is 3. The minimum atomic E-state index is -0.373. The first-order valence-corrected chi connectivity index (χ1v) is 6.75. The maximum absolute atomic E-state index is 10.7. The Balaban J connectivity index is 2.11. The topological polar surface area (TPSA) is 58.4 Å². The summed E-state index contributed by atoms with van der Waals surface area (Å²) in [4.78, 5) is 12.7. The van der Waals surface area contributed by atoms with Gasteiger partial charge in [-0.2, -0.15) is 0 Å². The predicted octanol–water partition coefficient (Wildman–Crippen LogP) is 2.15. The number of nitrogens with one attached hydrogen (secondary N) is 1. The van der Waals surface area contributed by atoms with E-state index in [9.17, 15) is 10.1 Å². The first-order valence-electron chi connectivity index (χ1n) is 5.95. The van der Waals surface area contributed by atoms with Gasteiger partial charge in [0.25, 0.3) is 5.69 Å². The van der Waals surface area contributed by atoms with E-state index in [2.05, 4.69) is 33.1 Å². The Morgan fingerprint density at radius 1 is 1.61 bits per heavy atom. The van der Waals surface area contributed by atoms with E-state index in [1.165, 1.54) is 0 Å². The third-order valence-corrected chi connectivity index (χ3v) is 4.00. The van der Waals surface area contributed by atoms with Crippen molar-refractivity contribution in [2.75, 3.05) is 19.6 Å². The average molecular weight is 314 g/mol. The van der Waals surface area contributed by atoms with Crippen LogP contribution in [-0.2, 0) is 6.54 Å². The van der Waals surface area contributed by atoms with Gasteiger partial charge >= 0.3 is 0 Å². The fraction of sp³-hybridized carbons (Fsp3) is 0.500. The Morgan fingerprint density at radius 3 is 3.00 bits per heavy atom. The standard InChI is InChI=1S/C12H16BrN3O2/c1-9-7-14-4-5-15(9)8-10-2-3-11(16(17)18)6-12(10)13/h2-3,6,9,14H,4-5,7-8H2,1H3/t9-/m0/s1. The average Bonchev–Trinajstić information content (AvgIpc) is 2.34. The van der Waals surface area contributed by atoms with Crippen LogP contribution < -0.4 is 5.32 Å². The molecule has 1 aliphatic heterocycles. The minimum absolute atomic E-state index is 0.124. The zero-order chi connectivity index (χ0) is 13.1. The zero-order valence-electron chi connectivity index (χ0n) is 10.2. The van der Waals surface area contributed by atoms with Crippen molar-refractivity contribution in [3.63, 3.8) is 0 Å². The highest BCUT2D eigenvalue weighted by molar-refractivity contribution is 9.10. The molecule has 1 atom stereocenters. The Morgan fingerprint density at radius 2 is 2.39 bits per heavy atom. The van der Waals surface area contributed by atoms with E-state index in [1.54, 1.807) is 12.1 Å². The summed E-state index contributed by atoms with van der Waals surface area (Å²) in [5, 5.41) is 14.0. The van der Waals surface area contributed by atoms with E-state index in [4.69, 9.17) is 0 Å². The lowest BCUT2D eigenvalue weighted by Gasteiger charge is -2.34. The number of benzene rings is 1. The van der Waals surface area contributed by atoms with Crippen molar-refractivity contribution < 1.29 is 4.92 Å². The van der Waals surface area contributed by atoms with Crippen LogP contribution in [0.2, 0.25) is 0 Å². The van der Waals surface area contributed by atoms with Gasteiger partial charge in [0.15, 0.2) is 0 Å². The molecule has 0 amide bonds. The van der Waals surface area contributed by atoms with Gasteiger partial charge in [-0.1, -0.05) is 15.9 Å². The van der Waals surface area contributed by atoms with Crippen LogP contribution in [0.3, 0.4) is 0 Å². The van der Waals surface area contributed by atoms with Crippen LogP contribution in [-0.4, -0.2) is 35.5 Å². The maximum Gasteiger partial charge on any atom is 0.270 e. The number of nitrogens with zero attached hydrogens (tertiary/aromatic N) is 2. The highest BCUT2D eigenvalue weighted by Gasteiger charge is 2.19. The quantitative estimate of drug-likeness (QED) is 0.686. The molecule has 1 heterocycles. The summed E-state index contributed by atoms with van der Waals surface area (Å²) in [7, 11) is 0. The number of hydrogen-bond donors (Lipinski definition) is 1. The first-order chi connectivity index (χ1) is 8.58. The van der Waals surface area contributed by atoms with Crippen molar-refractivity contribution >= 4 is 21.6 Å². The molecular weight excluding hydrogens is 298 g/mol. The molecule has 0 aromatic heterocycles. The van der Waals surface area contributed by atoms with Crippen LogP contribution >= 0.6 is 15.9 Å². The third-order valence-electron chi connectivity index (χ3n) is 3.26. The molecule has 1 N–H and O–H groups in total. The van der Waals surface area contributed by atoms with Crippen LogP contribution in [0.1, 0.15) is 12.5 Å². The first kappa shape index (κ1) is 13.5.